The van der Waals surface area contributed by atoms with Gasteiger partial charge in [0.05, 0.1) is 5.69 Å². The lowest BCUT2D eigenvalue weighted by Gasteiger charge is -2.22. The summed E-state index contributed by atoms with van der Waals surface area (Å²) in [6, 6.07) is 16.4. The van der Waals surface area contributed by atoms with Crippen molar-refractivity contribution in [1.29, 1.82) is 0 Å². The first-order valence-corrected chi connectivity index (χ1v) is 9.96. The van der Waals surface area contributed by atoms with Crippen molar-refractivity contribution < 1.29 is 14.7 Å². The van der Waals surface area contributed by atoms with Gasteiger partial charge in [0, 0.05) is 29.1 Å². The van der Waals surface area contributed by atoms with E-state index >= 15 is 0 Å². The quantitative estimate of drug-likeness (QED) is 0.533. The molecule has 5 nitrogen and oxygen atoms in total. The summed E-state index contributed by atoms with van der Waals surface area (Å²) in [6.45, 7) is 2.81. The number of benzene rings is 2. The molecule has 2 aromatic carbocycles. The van der Waals surface area contributed by atoms with Crippen LogP contribution in [0.5, 0.6) is 0 Å². The molecule has 0 radical (unpaired) electrons. The van der Waals surface area contributed by atoms with Crippen molar-refractivity contribution in [1.82, 2.24) is 4.90 Å². The van der Waals surface area contributed by atoms with Crippen LogP contribution in [0.3, 0.4) is 0 Å². The Morgan fingerprint density at radius 1 is 1.11 bits per heavy atom. The zero-order valence-electron chi connectivity index (χ0n) is 15.2. The first-order valence-electron chi connectivity index (χ1n) is 8.70. The van der Waals surface area contributed by atoms with Gasteiger partial charge >= 0.3 is 12.0 Å². The monoisotopic (exact) mass is 414 g/mol. The summed E-state index contributed by atoms with van der Waals surface area (Å²) in [6.07, 6.45) is 0. The number of thiophene rings is 1. The number of hydrogen-bond acceptors (Lipinski definition) is 3. The van der Waals surface area contributed by atoms with E-state index in [1.807, 2.05) is 37.3 Å². The third kappa shape index (κ3) is 4.52. The maximum Gasteiger partial charge on any atom is 0.348 e. The Morgan fingerprint density at radius 2 is 1.79 bits per heavy atom. The standard InChI is InChI=1S/C21H19ClN2O3S/c1-2-24(12-14-6-4-3-5-7-14)21(27)23-18-17(13-28-19(18)20(25)26)15-8-10-16(22)11-9-15/h3-11,13H,2,12H2,1H3,(H,23,27)(H,25,26). The summed E-state index contributed by atoms with van der Waals surface area (Å²) in [4.78, 5) is 26.2. The molecule has 7 heteroatoms. The van der Waals surface area contributed by atoms with Crippen LogP contribution in [-0.4, -0.2) is 28.6 Å². The molecule has 0 fully saturated rings. The molecule has 0 saturated carbocycles. The summed E-state index contributed by atoms with van der Waals surface area (Å²) < 4.78 is 0. The summed E-state index contributed by atoms with van der Waals surface area (Å²) in [5.41, 5.74) is 2.75. The largest absolute Gasteiger partial charge is 0.477 e. The number of carbonyl (C=O) groups excluding carboxylic acids is 1. The molecular weight excluding hydrogens is 396 g/mol. The van der Waals surface area contributed by atoms with Gasteiger partial charge in [-0.2, -0.15) is 0 Å². The SMILES string of the molecule is CCN(Cc1ccccc1)C(=O)Nc1c(-c2ccc(Cl)cc2)csc1C(=O)O. The van der Waals surface area contributed by atoms with Crippen molar-refractivity contribution in [2.75, 3.05) is 11.9 Å². The fourth-order valence-electron chi connectivity index (χ4n) is 2.80. The van der Waals surface area contributed by atoms with Crippen molar-refractivity contribution in [2.24, 2.45) is 0 Å². The predicted molar refractivity (Wildman–Crippen MR) is 113 cm³/mol. The molecule has 0 spiro atoms. The summed E-state index contributed by atoms with van der Waals surface area (Å²) in [5, 5.41) is 14.7. The second kappa shape index (κ2) is 8.91. The molecule has 144 valence electrons. The van der Waals surface area contributed by atoms with E-state index in [2.05, 4.69) is 5.32 Å². The van der Waals surface area contributed by atoms with E-state index in [-0.39, 0.29) is 10.9 Å². The topological polar surface area (TPSA) is 69.6 Å². The number of nitrogens with zero attached hydrogens (tertiary/aromatic N) is 1. The molecule has 0 unspecified atom stereocenters. The molecule has 0 aliphatic heterocycles. The van der Waals surface area contributed by atoms with E-state index in [1.54, 1.807) is 34.5 Å². The highest BCUT2D eigenvalue weighted by molar-refractivity contribution is 7.13. The number of nitrogens with one attached hydrogen (secondary N) is 1. The van der Waals surface area contributed by atoms with E-state index in [0.29, 0.717) is 29.4 Å². The van der Waals surface area contributed by atoms with E-state index in [9.17, 15) is 14.7 Å². The Hall–Kier alpha value is -2.83. The van der Waals surface area contributed by atoms with Gasteiger partial charge in [0.25, 0.3) is 0 Å². The zero-order valence-corrected chi connectivity index (χ0v) is 16.8. The summed E-state index contributed by atoms with van der Waals surface area (Å²) in [5.74, 6) is -1.08. The molecule has 0 aliphatic carbocycles. The van der Waals surface area contributed by atoms with Crippen molar-refractivity contribution in [3.8, 4) is 11.1 Å². The van der Waals surface area contributed by atoms with Gasteiger partial charge in [0.1, 0.15) is 4.88 Å². The van der Waals surface area contributed by atoms with Crippen LogP contribution in [0, 0.1) is 0 Å². The van der Waals surface area contributed by atoms with E-state index in [4.69, 9.17) is 11.6 Å². The third-order valence-electron chi connectivity index (χ3n) is 4.26. The smallest absolute Gasteiger partial charge is 0.348 e. The number of carbonyl (C=O) groups is 2. The normalized spacial score (nSPS) is 10.5. The number of rotatable bonds is 6. The number of hydrogen-bond donors (Lipinski definition) is 2. The van der Waals surface area contributed by atoms with Gasteiger partial charge in [-0.05, 0) is 30.2 Å². The minimum Gasteiger partial charge on any atom is -0.477 e. The summed E-state index contributed by atoms with van der Waals surface area (Å²) >= 11 is 7.03. The lowest BCUT2D eigenvalue weighted by atomic mass is 10.1. The average molecular weight is 415 g/mol. The molecule has 3 rings (SSSR count). The molecule has 0 aliphatic rings. The van der Waals surface area contributed by atoms with Crippen LogP contribution >= 0.6 is 22.9 Å². The van der Waals surface area contributed by atoms with Crippen LogP contribution < -0.4 is 5.32 Å². The molecule has 1 heterocycles. The van der Waals surface area contributed by atoms with Gasteiger partial charge in [0.2, 0.25) is 0 Å². The third-order valence-corrected chi connectivity index (χ3v) is 5.48. The minimum absolute atomic E-state index is 0.0917. The van der Waals surface area contributed by atoms with Crippen molar-refractivity contribution in [3.63, 3.8) is 0 Å². The van der Waals surface area contributed by atoms with Crippen molar-refractivity contribution >= 4 is 40.6 Å². The molecule has 2 N–H and O–H groups in total. The van der Waals surface area contributed by atoms with Crippen LogP contribution in [0.4, 0.5) is 10.5 Å². The molecule has 3 aromatic rings. The molecule has 0 bridgehead atoms. The van der Waals surface area contributed by atoms with Crippen molar-refractivity contribution in [2.45, 2.75) is 13.5 Å². The van der Waals surface area contributed by atoms with Crippen LogP contribution in [0.1, 0.15) is 22.2 Å². The fourth-order valence-corrected chi connectivity index (χ4v) is 3.79. The first-order chi connectivity index (χ1) is 13.5. The van der Waals surface area contributed by atoms with Gasteiger partial charge in [-0.3, -0.25) is 0 Å². The highest BCUT2D eigenvalue weighted by Crippen LogP contribution is 2.37. The second-order valence-corrected chi connectivity index (χ2v) is 7.41. The Kier molecular flexibility index (Phi) is 6.34. The zero-order chi connectivity index (χ0) is 20.1. The Morgan fingerprint density at radius 3 is 2.39 bits per heavy atom. The average Bonchev–Trinajstić information content (AvgIpc) is 3.11. The highest BCUT2D eigenvalue weighted by atomic mass is 35.5. The van der Waals surface area contributed by atoms with Gasteiger partial charge in [0.15, 0.2) is 0 Å². The van der Waals surface area contributed by atoms with E-state index < -0.39 is 5.97 Å². The number of carboxylic acid groups (broad SMARTS) is 1. The molecule has 0 saturated heterocycles. The van der Waals surface area contributed by atoms with Crippen molar-refractivity contribution in [3.05, 3.63) is 75.4 Å². The molecular formula is C21H19ClN2O3S. The maximum absolute atomic E-state index is 12.9. The number of anilines is 1. The first kappa shape index (κ1) is 19.9. The van der Waals surface area contributed by atoms with Gasteiger partial charge in [-0.1, -0.05) is 54.1 Å². The molecule has 28 heavy (non-hydrogen) atoms. The van der Waals surface area contributed by atoms with Crippen LogP contribution in [0.15, 0.2) is 60.0 Å². The Bertz CT molecular complexity index is 971. The molecule has 0 atom stereocenters. The second-order valence-electron chi connectivity index (χ2n) is 6.10. The highest BCUT2D eigenvalue weighted by Gasteiger charge is 2.22. The Balaban J connectivity index is 1.89. The number of halogens is 1. The lowest BCUT2D eigenvalue weighted by molar-refractivity contribution is 0.0703. The number of urea groups is 1. The van der Waals surface area contributed by atoms with Gasteiger partial charge in [-0.25, -0.2) is 9.59 Å². The number of carboxylic acids is 1. The number of aromatic carboxylic acids is 1. The molecule has 1 aromatic heterocycles. The van der Waals surface area contributed by atoms with E-state index in [0.717, 1.165) is 22.5 Å². The number of amides is 2. The predicted octanol–water partition coefficient (Wildman–Crippen LogP) is 5.82. The minimum atomic E-state index is -1.08. The summed E-state index contributed by atoms with van der Waals surface area (Å²) in [7, 11) is 0. The lowest BCUT2D eigenvalue weighted by Crippen LogP contribution is -2.34. The Labute approximate surface area is 172 Å². The molecule has 2 amide bonds. The fraction of sp³-hybridized carbons (Fsp3) is 0.143. The van der Waals surface area contributed by atoms with Crippen LogP contribution in [0.25, 0.3) is 11.1 Å². The van der Waals surface area contributed by atoms with Gasteiger partial charge in [-0.15, -0.1) is 11.3 Å². The van der Waals surface area contributed by atoms with Gasteiger partial charge < -0.3 is 15.3 Å². The van der Waals surface area contributed by atoms with Crippen LogP contribution in [0.2, 0.25) is 5.02 Å². The maximum atomic E-state index is 12.9. The van der Waals surface area contributed by atoms with E-state index in [1.165, 1.54) is 0 Å². The van der Waals surface area contributed by atoms with Crippen LogP contribution in [-0.2, 0) is 6.54 Å².